The molecule has 0 radical (unpaired) electrons. The van der Waals surface area contributed by atoms with Crippen molar-refractivity contribution in [2.24, 2.45) is 0 Å². The van der Waals surface area contributed by atoms with Crippen molar-refractivity contribution in [1.29, 1.82) is 0 Å². The molecule has 98 valence electrons. The minimum atomic E-state index is 0.634. The lowest BCUT2D eigenvalue weighted by Crippen LogP contribution is -2.10. The second-order valence-corrected chi connectivity index (χ2v) is 4.03. The van der Waals surface area contributed by atoms with Crippen LogP contribution in [-0.2, 0) is 4.74 Å². The minimum Gasteiger partial charge on any atom is -0.463 e. The molecule has 0 aromatic carbocycles. The third kappa shape index (κ3) is 2.30. The molecule has 0 aliphatic rings. The molecule has 3 heterocycles. The Kier molecular flexibility index (Phi) is 3.16. The number of aromatic nitrogens is 3. The van der Waals surface area contributed by atoms with E-state index in [9.17, 15) is 0 Å². The van der Waals surface area contributed by atoms with Gasteiger partial charge >= 0.3 is 0 Å². The van der Waals surface area contributed by atoms with Gasteiger partial charge in [-0.25, -0.2) is 9.50 Å². The number of fused-ring (bicyclic) bond motifs is 1. The van der Waals surface area contributed by atoms with Crippen LogP contribution in [-0.4, -0.2) is 34.9 Å². The van der Waals surface area contributed by atoms with E-state index in [1.54, 1.807) is 24.1 Å². The molecule has 0 aliphatic heterocycles. The number of hydrogen-bond donors (Lipinski definition) is 1. The van der Waals surface area contributed by atoms with Gasteiger partial charge in [0.05, 0.1) is 19.1 Å². The summed E-state index contributed by atoms with van der Waals surface area (Å²) >= 11 is 0. The third-order valence-electron chi connectivity index (χ3n) is 2.75. The lowest BCUT2D eigenvalue weighted by Gasteiger charge is -2.05. The highest BCUT2D eigenvalue weighted by atomic mass is 16.5. The van der Waals surface area contributed by atoms with Crippen LogP contribution in [0.25, 0.3) is 17.1 Å². The molecule has 0 bridgehead atoms. The standard InChI is InChI=1S/C13H14N4O2/c1-18-8-6-14-12-4-5-13-15-9-10(17(13)16-12)11-3-2-7-19-11/h2-5,7,9H,6,8H2,1H3,(H,14,16). The van der Waals surface area contributed by atoms with Crippen LogP contribution in [0.15, 0.2) is 41.1 Å². The number of hydrogen-bond acceptors (Lipinski definition) is 5. The third-order valence-corrected chi connectivity index (χ3v) is 2.75. The highest BCUT2D eigenvalue weighted by Crippen LogP contribution is 2.20. The molecule has 0 aliphatic carbocycles. The van der Waals surface area contributed by atoms with Gasteiger partial charge in [0.25, 0.3) is 0 Å². The Morgan fingerprint density at radius 2 is 2.32 bits per heavy atom. The van der Waals surface area contributed by atoms with E-state index < -0.39 is 0 Å². The summed E-state index contributed by atoms with van der Waals surface area (Å²) in [5.41, 5.74) is 1.61. The molecule has 6 heteroatoms. The summed E-state index contributed by atoms with van der Waals surface area (Å²) < 4.78 is 12.1. The molecule has 0 saturated heterocycles. The van der Waals surface area contributed by atoms with Crippen LogP contribution in [0, 0.1) is 0 Å². The lowest BCUT2D eigenvalue weighted by atomic mass is 10.3. The fraction of sp³-hybridized carbons (Fsp3) is 0.231. The maximum atomic E-state index is 5.38. The molecule has 3 aromatic rings. The zero-order chi connectivity index (χ0) is 13.1. The normalized spacial score (nSPS) is 11.0. The summed E-state index contributed by atoms with van der Waals surface area (Å²) in [5.74, 6) is 1.52. The van der Waals surface area contributed by atoms with E-state index in [4.69, 9.17) is 9.15 Å². The van der Waals surface area contributed by atoms with Gasteiger partial charge in [-0.2, -0.15) is 0 Å². The smallest absolute Gasteiger partial charge is 0.154 e. The van der Waals surface area contributed by atoms with Crippen molar-refractivity contribution in [3.8, 4) is 11.5 Å². The van der Waals surface area contributed by atoms with Gasteiger partial charge in [0, 0.05) is 13.7 Å². The van der Waals surface area contributed by atoms with Gasteiger partial charge in [0.1, 0.15) is 11.5 Å². The average Bonchev–Trinajstić information content (AvgIpc) is 3.07. The van der Waals surface area contributed by atoms with Crippen molar-refractivity contribution < 1.29 is 9.15 Å². The first kappa shape index (κ1) is 11.7. The van der Waals surface area contributed by atoms with E-state index in [0.29, 0.717) is 13.2 Å². The molecule has 0 spiro atoms. The Balaban J connectivity index is 1.94. The monoisotopic (exact) mass is 258 g/mol. The Bertz CT molecular complexity index is 660. The number of nitrogens with zero attached hydrogens (tertiary/aromatic N) is 3. The maximum Gasteiger partial charge on any atom is 0.154 e. The number of furan rings is 1. The molecule has 1 N–H and O–H groups in total. The van der Waals surface area contributed by atoms with Crippen molar-refractivity contribution in [2.75, 3.05) is 25.6 Å². The fourth-order valence-electron chi connectivity index (χ4n) is 1.84. The zero-order valence-corrected chi connectivity index (χ0v) is 10.5. The van der Waals surface area contributed by atoms with Crippen LogP contribution >= 0.6 is 0 Å². The van der Waals surface area contributed by atoms with Crippen LogP contribution in [0.1, 0.15) is 0 Å². The Morgan fingerprint density at radius 1 is 1.37 bits per heavy atom. The Hall–Kier alpha value is -2.34. The van der Waals surface area contributed by atoms with E-state index in [0.717, 1.165) is 22.9 Å². The van der Waals surface area contributed by atoms with E-state index in [-0.39, 0.29) is 0 Å². The van der Waals surface area contributed by atoms with Crippen molar-refractivity contribution in [3.05, 3.63) is 36.7 Å². The molecule has 19 heavy (non-hydrogen) atoms. The zero-order valence-electron chi connectivity index (χ0n) is 10.5. The van der Waals surface area contributed by atoms with Crippen LogP contribution in [0.3, 0.4) is 0 Å². The van der Waals surface area contributed by atoms with Gasteiger partial charge in [-0.15, -0.1) is 5.10 Å². The Morgan fingerprint density at radius 3 is 3.11 bits per heavy atom. The van der Waals surface area contributed by atoms with E-state index in [2.05, 4.69) is 15.4 Å². The highest BCUT2D eigenvalue weighted by molar-refractivity contribution is 5.58. The minimum absolute atomic E-state index is 0.634. The van der Waals surface area contributed by atoms with Crippen molar-refractivity contribution in [3.63, 3.8) is 0 Å². The molecule has 0 unspecified atom stereocenters. The molecule has 0 fully saturated rings. The number of anilines is 1. The molecular weight excluding hydrogens is 244 g/mol. The van der Waals surface area contributed by atoms with E-state index >= 15 is 0 Å². The first-order valence-corrected chi connectivity index (χ1v) is 6.00. The van der Waals surface area contributed by atoms with E-state index in [1.807, 2.05) is 24.3 Å². The Labute approximate surface area is 110 Å². The highest BCUT2D eigenvalue weighted by Gasteiger charge is 2.09. The van der Waals surface area contributed by atoms with Crippen molar-refractivity contribution >= 4 is 11.5 Å². The molecule has 6 nitrogen and oxygen atoms in total. The number of ether oxygens (including phenoxy) is 1. The number of rotatable bonds is 5. The largest absolute Gasteiger partial charge is 0.463 e. The first-order valence-electron chi connectivity index (χ1n) is 6.00. The van der Waals surface area contributed by atoms with Gasteiger partial charge in [0.2, 0.25) is 0 Å². The summed E-state index contributed by atoms with van der Waals surface area (Å²) in [4.78, 5) is 4.30. The van der Waals surface area contributed by atoms with Gasteiger partial charge in [0.15, 0.2) is 11.4 Å². The summed E-state index contributed by atoms with van der Waals surface area (Å²) in [7, 11) is 1.67. The molecule has 3 rings (SSSR count). The van der Waals surface area contributed by atoms with Gasteiger partial charge in [-0.1, -0.05) is 0 Å². The molecule has 0 saturated carbocycles. The van der Waals surface area contributed by atoms with Crippen LogP contribution in [0.5, 0.6) is 0 Å². The fourth-order valence-corrected chi connectivity index (χ4v) is 1.84. The first-order chi connectivity index (χ1) is 9.38. The van der Waals surface area contributed by atoms with Gasteiger partial charge < -0.3 is 14.5 Å². The molecule has 3 aromatic heterocycles. The molecule has 0 amide bonds. The lowest BCUT2D eigenvalue weighted by molar-refractivity contribution is 0.210. The average molecular weight is 258 g/mol. The van der Waals surface area contributed by atoms with Crippen LogP contribution in [0.4, 0.5) is 5.82 Å². The summed E-state index contributed by atoms with van der Waals surface area (Å²) in [6.07, 6.45) is 3.38. The van der Waals surface area contributed by atoms with Gasteiger partial charge in [-0.05, 0) is 24.3 Å². The number of methoxy groups -OCH3 is 1. The SMILES string of the molecule is COCCNc1ccc2ncc(-c3ccco3)n2n1. The summed E-state index contributed by atoms with van der Waals surface area (Å²) in [5, 5.41) is 7.68. The van der Waals surface area contributed by atoms with E-state index in [1.165, 1.54) is 0 Å². The second-order valence-electron chi connectivity index (χ2n) is 4.03. The number of imidazole rings is 1. The number of nitrogens with one attached hydrogen (secondary N) is 1. The predicted octanol–water partition coefficient (Wildman–Crippen LogP) is 2.05. The topological polar surface area (TPSA) is 64.6 Å². The molecule has 0 atom stereocenters. The van der Waals surface area contributed by atoms with Gasteiger partial charge in [-0.3, -0.25) is 0 Å². The molecular formula is C13H14N4O2. The second kappa shape index (κ2) is 5.11. The maximum absolute atomic E-state index is 5.38. The quantitative estimate of drug-likeness (QED) is 0.709. The van der Waals surface area contributed by atoms with Crippen LogP contribution < -0.4 is 5.32 Å². The van der Waals surface area contributed by atoms with Crippen molar-refractivity contribution in [1.82, 2.24) is 14.6 Å². The summed E-state index contributed by atoms with van der Waals surface area (Å²) in [6, 6.07) is 7.53. The van der Waals surface area contributed by atoms with Crippen LogP contribution in [0.2, 0.25) is 0 Å². The predicted molar refractivity (Wildman–Crippen MR) is 71.1 cm³/mol. The summed E-state index contributed by atoms with van der Waals surface area (Å²) in [6.45, 7) is 1.34. The van der Waals surface area contributed by atoms with Crippen molar-refractivity contribution in [2.45, 2.75) is 0 Å².